The number of thiazole rings is 1. The lowest BCUT2D eigenvalue weighted by Gasteiger charge is -2.16. The number of halogens is 1. The SMILES string of the molecule is Cc1nc(CNC(=O)N2CCC(C(=O)O)C2)sc1Br. The second-order valence-electron chi connectivity index (χ2n) is 4.40. The minimum atomic E-state index is -0.838. The molecule has 1 aromatic rings. The fourth-order valence-electron chi connectivity index (χ4n) is 1.92. The largest absolute Gasteiger partial charge is 0.481 e. The van der Waals surface area contributed by atoms with Gasteiger partial charge in [-0.05, 0) is 29.3 Å². The molecular weight excluding hydrogens is 334 g/mol. The molecule has 0 bridgehead atoms. The van der Waals surface area contributed by atoms with Crippen molar-refractivity contribution in [3.8, 4) is 0 Å². The molecule has 0 radical (unpaired) electrons. The van der Waals surface area contributed by atoms with Crippen LogP contribution in [0.3, 0.4) is 0 Å². The number of aliphatic carboxylic acids is 1. The number of carbonyl (C=O) groups excluding carboxylic acids is 1. The molecule has 1 aliphatic rings. The van der Waals surface area contributed by atoms with E-state index in [2.05, 4.69) is 26.2 Å². The molecule has 2 heterocycles. The number of carboxylic acid groups (broad SMARTS) is 1. The van der Waals surface area contributed by atoms with Crippen molar-refractivity contribution in [2.24, 2.45) is 5.92 Å². The van der Waals surface area contributed by atoms with Crippen LogP contribution in [0.5, 0.6) is 0 Å². The van der Waals surface area contributed by atoms with Crippen LogP contribution >= 0.6 is 27.3 Å². The van der Waals surface area contributed by atoms with Crippen LogP contribution in [0, 0.1) is 12.8 Å². The third kappa shape index (κ3) is 3.44. The summed E-state index contributed by atoms with van der Waals surface area (Å²) in [6.07, 6.45) is 0.519. The van der Waals surface area contributed by atoms with E-state index >= 15 is 0 Å². The molecule has 19 heavy (non-hydrogen) atoms. The minimum Gasteiger partial charge on any atom is -0.481 e. The molecule has 1 atom stereocenters. The van der Waals surface area contributed by atoms with Crippen molar-refractivity contribution in [1.29, 1.82) is 0 Å². The molecule has 2 amide bonds. The normalized spacial score (nSPS) is 18.6. The van der Waals surface area contributed by atoms with Crippen molar-refractivity contribution >= 4 is 39.3 Å². The van der Waals surface area contributed by atoms with Gasteiger partial charge in [0.1, 0.15) is 5.01 Å². The molecule has 2 rings (SSSR count). The Kier molecular flexibility index (Phi) is 4.41. The fraction of sp³-hybridized carbons (Fsp3) is 0.545. The zero-order chi connectivity index (χ0) is 14.0. The molecule has 0 spiro atoms. The van der Waals surface area contributed by atoms with E-state index in [0.29, 0.717) is 19.5 Å². The molecule has 0 aliphatic carbocycles. The Morgan fingerprint density at radius 3 is 2.89 bits per heavy atom. The van der Waals surface area contributed by atoms with Gasteiger partial charge in [0.25, 0.3) is 0 Å². The van der Waals surface area contributed by atoms with E-state index in [0.717, 1.165) is 14.5 Å². The van der Waals surface area contributed by atoms with Crippen molar-refractivity contribution in [1.82, 2.24) is 15.2 Å². The fourth-order valence-corrected chi connectivity index (χ4v) is 3.29. The van der Waals surface area contributed by atoms with Crippen LogP contribution in [-0.2, 0) is 11.3 Å². The maximum atomic E-state index is 11.9. The van der Waals surface area contributed by atoms with Gasteiger partial charge in [-0.25, -0.2) is 9.78 Å². The first-order valence-electron chi connectivity index (χ1n) is 5.84. The van der Waals surface area contributed by atoms with Crippen molar-refractivity contribution in [2.45, 2.75) is 19.9 Å². The molecule has 104 valence electrons. The van der Waals surface area contributed by atoms with Gasteiger partial charge in [-0.15, -0.1) is 11.3 Å². The van der Waals surface area contributed by atoms with Crippen molar-refractivity contribution in [3.05, 3.63) is 14.5 Å². The number of carboxylic acids is 1. The Balaban J connectivity index is 1.83. The Hall–Kier alpha value is -1.15. The average molecular weight is 348 g/mol. The average Bonchev–Trinajstić information content (AvgIpc) is 2.95. The summed E-state index contributed by atoms with van der Waals surface area (Å²) in [6, 6.07) is -0.229. The summed E-state index contributed by atoms with van der Waals surface area (Å²) in [6.45, 7) is 3.03. The number of urea groups is 1. The highest BCUT2D eigenvalue weighted by Gasteiger charge is 2.30. The molecule has 1 aliphatic heterocycles. The van der Waals surface area contributed by atoms with Gasteiger partial charge in [-0.2, -0.15) is 0 Å². The third-order valence-corrected chi connectivity index (χ3v) is 5.01. The van der Waals surface area contributed by atoms with E-state index in [9.17, 15) is 9.59 Å². The van der Waals surface area contributed by atoms with Crippen molar-refractivity contribution in [2.75, 3.05) is 13.1 Å². The molecule has 2 N–H and O–H groups in total. The molecule has 6 nitrogen and oxygen atoms in total. The summed E-state index contributed by atoms with van der Waals surface area (Å²) in [5, 5.41) is 12.5. The number of carbonyl (C=O) groups is 2. The van der Waals surface area contributed by atoms with Gasteiger partial charge < -0.3 is 15.3 Å². The Morgan fingerprint density at radius 1 is 1.63 bits per heavy atom. The van der Waals surface area contributed by atoms with Gasteiger partial charge in [0.15, 0.2) is 0 Å². The van der Waals surface area contributed by atoms with E-state index in [-0.39, 0.29) is 12.6 Å². The summed E-state index contributed by atoms with van der Waals surface area (Å²) < 4.78 is 0.962. The lowest BCUT2D eigenvalue weighted by Crippen LogP contribution is -2.38. The van der Waals surface area contributed by atoms with Crippen molar-refractivity contribution in [3.63, 3.8) is 0 Å². The van der Waals surface area contributed by atoms with Gasteiger partial charge in [-0.3, -0.25) is 4.79 Å². The predicted octanol–water partition coefficient (Wildman–Crippen LogP) is 1.83. The van der Waals surface area contributed by atoms with Gasteiger partial charge in [0.05, 0.1) is 21.9 Å². The van der Waals surface area contributed by atoms with Crippen LogP contribution in [0.25, 0.3) is 0 Å². The third-order valence-electron chi connectivity index (χ3n) is 3.00. The number of hydrogen-bond acceptors (Lipinski definition) is 4. The number of rotatable bonds is 3. The number of nitrogens with zero attached hydrogens (tertiary/aromatic N) is 2. The summed E-state index contributed by atoms with van der Waals surface area (Å²) in [5.74, 6) is -1.28. The van der Waals surface area contributed by atoms with Crippen LogP contribution in [0.4, 0.5) is 4.79 Å². The smallest absolute Gasteiger partial charge is 0.317 e. The van der Waals surface area contributed by atoms with Gasteiger partial charge in [0.2, 0.25) is 0 Å². The molecule has 1 unspecified atom stereocenters. The Labute approximate surface area is 122 Å². The van der Waals surface area contributed by atoms with E-state index in [1.807, 2.05) is 6.92 Å². The van der Waals surface area contributed by atoms with Crippen LogP contribution in [0.2, 0.25) is 0 Å². The second kappa shape index (κ2) is 5.87. The molecule has 0 aromatic carbocycles. The predicted molar refractivity (Wildman–Crippen MR) is 74.1 cm³/mol. The number of hydrogen-bond donors (Lipinski definition) is 2. The first kappa shape index (κ1) is 14.3. The Bertz CT molecular complexity index is 486. The number of likely N-dealkylation sites (tertiary alicyclic amines) is 1. The number of nitrogens with one attached hydrogen (secondary N) is 1. The maximum Gasteiger partial charge on any atom is 0.317 e. The number of amides is 2. The summed E-state index contributed by atoms with van der Waals surface area (Å²) in [5.41, 5.74) is 0.904. The zero-order valence-corrected chi connectivity index (χ0v) is 12.8. The first-order chi connectivity index (χ1) is 8.97. The van der Waals surface area contributed by atoms with E-state index < -0.39 is 11.9 Å². The molecule has 1 fully saturated rings. The summed E-state index contributed by atoms with van der Waals surface area (Å²) in [7, 11) is 0. The first-order valence-corrected chi connectivity index (χ1v) is 7.45. The highest BCUT2D eigenvalue weighted by Crippen LogP contribution is 2.24. The van der Waals surface area contributed by atoms with E-state index in [1.54, 1.807) is 0 Å². The van der Waals surface area contributed by atoms with E-state index in [4.69, 9.17) is 5.11 Å². The highest BCUT2D eigenvalue weighted by molar-refractivity contribution is 9.11. The van der Waals surface area contributed by atoms with Crippen LogP contribution in [0.15, 0.2) is 3.79 Å². The van der Waals surface area contributed by atoms with Gasteiger partial charge in [-0.1, -0.05) is 0 Å². The molecule has 1 saturated heterocycles. The number of aromatic nitrogens is 1. The lowest BCUT2D eigenvalue weighted by molar-refractivity contribution is -0.141. The number of aryl methyl sites for hydroxylation is 1. The molecule has 1 aromatic heterocycles. The maximum absolute atomic E-state index is 11.9. The second-order valence-corrected chi connectivity index (χ2v) is 6.80. The zero-order valence-electron chi connectivity index (χ0n) is 10.4. The summed E-state index contributed by atoms with van der Waals surface area (Å²) in [4.78, 5) is 28.5. The van der Waals surface area contributed by atoms with Crippen LogP contribution in [0.1, 0.15) is 17.1 Å². The monoisotopic (exact) mass is 347 g/mol. The minimum absolute atomic E-state index is 0.229. The highest BCUT2D eigenvalue weighted by atomic mass is 79.9. The van der Waals surface area contributed by atoms with Crippen LogP contribution < -0.4 is 5.32 Å². The van der Waals surface area contributed by atoms with E-state index in [1.165, 1.54) is 16.2 Å². The Morgan fingerprint density at radius 2 is 2.37 bits per heavy atom. The molecule has 8 heteroatoms. The van der Waals surface area contributed by atoms with Crippen LogP contribution in [-0.4, -0.2) is 40.1 Å². The van der Waals surface area contributed by atoms with Gasteiger partial charge in [0, 0.05) is 13.1 Å². The molecular formula is C11H14BrN3O3S. The topological polar surface area (TPSA) is 82.5 Å². The summed E-state index contributed by atoms with van der Waals surface area (Å²) >= 11 is 4.86. The standard InChI is InChI=1S/C11H14BrN3O3S/c1-6-9(12)19-8(14-6)4-13-11(18)15-3-2-7(5-15)10(16)17/h7H,2-5H2,1H3,(H,13,18)(H,16,17). The lowest BCUT2D eigenvalue weighted by atomic mass is 10.1. The quantitative estimate of drug-likeness (QED) is 0.873. The van der Waals surface area contributed by atoms with Crippen molar-refractivity contribution < 1.29 is 14.7 Å². The molecule has 0 saturated carbocycles. The van der Waals surface area contributed by atoms with Gasteiger partial charge >= 0.3 is 12.0 Å².